The van der Waals surface area contributed by atoms with Crippen LogP contribution in [0.1, 0.15) is 55.3 Å². The zero-order valence-electron chi connectivity index (χ0n) is 20.4. The van der Waals surface area contributed by atoms with E-state index in [0.29, 0.717) is 18.4 Å². The zero-order chi connectivity index (χ0) is 27.3. The monoisotopic (exact) mass is 521 g/mol. The Balaban J connectivity index is 2.05. The SMILES string of the molecule is CCCCn1c(=O)c([N+](=O)[O-])c(C=Cc2cnn(Cc3ccccc3C(F)(F)F)c2)n(C(C)OC)c1=O. The summed E-state index contributed by atoms with van der Waals surface area (Å²) in [7, 11) is 1.32. The Morgan fingerprint density at radius 1 is 1.22 bits per heavy atom. The van der Waals surface area contributed by atoms with Gasteiger partial charge in [0.05, 0.1) is 23.2 Å². The number of nitro groups is 1. The van der Waals surface area contributed by atoms with Crippen molar-refractivity contribution in [1.82, 2.24) is 18.9 Å². The fraction of sp³-hybridized carbons (Fsp3) is 0.375. The van der Waals surface area contributed by atoms with E-state index in [4.69, 9.17) is 4.74 Å². The molecule has 0 fully saturated rings. The largest absolute Gasteiger partial charge is 0.416 e. The Morgan fingerprint density at radius 3 is 2.54 bits per heavy atom. The van der Waals surface area contributed by atoms with Gasteiger partial charge in [0, 0.05) is 25.4 Å². The molecule has 0 bridgehead atoms. The molecule has 0 aliphatic rings. The molecule has 0 aliphatic heterocycles. The number of hydrogen-bond donors (Lipinski definition) is 0. The van der Waals surface area contributed by atoms with Gasteiger partial charge in [-0.05, 0) is 37.1 Å². The highest BCUT2D eigenvalue weighted by Gasteiger charge is 2.33. The van der Waals surface area contributed by atoms with E-state index in [-0.39, 0.29) is 24.3 Å². The first-order valence-electron chi connectivity index (χ1n) is 11.4. The topological polar surface area (TPSA) is 114 Å². The van der Waals surface area contributed by atoms with Crippen LogP contribution in [0.4, 0.5) is 18.9 Å². The van der Waals surface area contributed by atoms with Gasteiger partial charge in [-0.15, -0.1) is 0 Å². The van der Waals surface area contributed by atoms with Crippen molar-refractivity contribution in [3.8, 4) is 0 Å². The van der Waals surface area contributed by atoms with Gasteiger partial charge in [0.15, 0.2) is 0 Å². The molecule has 0 N–H and O–H groups in total. The first kappa shape index (κ1) is 27.6. The van der Waals surface area contributed by atoms with E-state index in [2.05, 4.69) is 5.10 Å². The second kappa shape index (κ2) is 11.4. The van der Waals surface area contributed by atoms with Gasteiger partial charge in [-0.25, -0.2) is 4.79 Å². The molecule has 10 nitrogen and oxygen atoms in total. The molecule has 0 saturated carbocycles. The lowest BCUT2D eigenvalue weighted by Gasteiger charge is -2.18. The zero-order valence-corrected chi connectivity index (χ0v) is 20.4. The molecule has 0 amide bonds. The van der Waals surface area contributed by atoms with Crippen LogP contribution in [0, 0.1) is 10.1 Å². The minimum absolute atomic E-state index is 0.0155. The van der Waals surface area contributed by atoms with Gasteiger partial charge in [0.25, 0.3) is 0 Å². The molecule has 0 radical (unpaired) electrons. The van der Waals surface area contributed by atoms with E-state index >= 15 is 0 Å². The quantitative estimate of drug-likeness (QED) is 0.290. The van der Waals surface area contributed by atoms with Crippen LogP contribution in [0.5, 0.6) is 0 Å². The summed E-state index contributed by atoms with van der Waals surface area (Å²) in [5.41, 5.74) is -3.21. The lowest BCUT2D eigenvalue weighted by atomic mass is 10.1. The first-order valence-corrected chi connectivity index (χ1v) is 11.4. The third-order valence-corrected chi connectivity index (χ3v) is 5.75. The number of methoxy groups -OCH3 is 1. The fourth-order valence-electron chi connectivity index (χ4n) is 3.81. The molecule has 2 aromatic heterocycles. The van der Waals surface area contributed by atoms with Gasteiger partial charge < -0.3 is 4.74 Å². The molecule has 1 aromatic carbocycles. The average Bonchev–Trinajstić information content (AvgIpc) is 3.28. The number of aromatic nitrogens is 4. The van der Waals surface area contributed by atoms with Crippen LogP contribution in [-0.4, -0.2) is 30.9 Å². The van der Waals surface area contributed by atoms with Crippen LogP contribution in [0.2, 0.25) is 0 Å². The molecule has 0 aliphatic carbocycles. The molecule has 3 aromatic rings. The van der Waals surface area contributed by atoms with Crippen LogP contribution in [0.15, 0.2) is 46.2 Å². The first-order chi connectivity index (χ1) is 17.5. The number of hydrogen-bond acceptors (Lipinski definition) is 6. The summed E-state index contributed by atoms with van der Waals surface area (Å²) in [4.78, 5) is 37.0. The second-order valence-electron chi connectivity index (χ2n) is 8.25. The van der Waals surface area contributed by atoms with E-state index in [0.717, 1.165) is 15.2 Å². The van der Waals surface area contributed by atoms with Gasteiger partial charge in [0.2, 0.25) is 0 Å². The summed E-state index contributed by atoms with van der Waals surface area (Å²) in [5, 5.41) is 15.9. The Bertz CT molecular complexity index is 1420. The molecule has 0 spiro atoms. The molecule has 0 saturated heterocycles. The molecular weight excluding hydrogens is 495 g/mol. The highest BCUT2D eigenvalue weighted by Crippen LogP contribution is 2.32. The van der Waals surface area contributed by atoms with E-state index in [1.54, 1.807) is 0 Å². The van der Waals surface area contributed by atoms with Crippen LogP contribution in [-0.2, 0) is 24.0 Å². The minimum Gasteiger partial charge on any atom is -0.361 e. The third kappa shape index (κ3) is 6.05. The van der Waals surface area contributed by atoms with Crippen molar-refractivity contribution in [3.63, 3.8) is 0 Å². The molecular formula is C24H26F3N5O5. The number of alkyl halides is 3. The molecule has 1 unspecified atom stereocenters. The predicted molar refractivity (Wildman–Crippen MR) is 130 cm³/mol. The third-order valence-electron chi connectivity index (χ3n) is 5.75. The summed E-state index contributed by atoms with van der Waals surface area (Å²) in [6.07, 6.45) is 1.09. The Morgan fingerprint density at radius 2 is 1.92 bits per heavy atom. The highest BCUT2D eigenvalue weighted by molar-refractivity contribution is 5.71. The summed E-state index contributed by atoms with van der Waals surface area (Å²) in [6, 6.07) is 5.12. The number of halogens is 3. The van der Waals surface area contributed by atoms with Gasteiger partial charge in [-0.3, -0.25) is 28.7 Å². The summed E-state index contributed by atoms with van der Waals surface area (Å²) >= 11 is 0. The number of unbranched alkanes of at least 4 members (excludes halogenated alkanes) is 1. The number of rotatable bonds is 10. The lowest BCUT2D eigenvalue weighted by molar-refractivity contribution is -0.387. The van der Waals surface area contributed by atoms with Gasteiger partial charge >= 0.3 is 23.1 Å². The predicted octanol–water partition coefficient (Wildman–Crippen LogP) is 4.32. The van der Waals surface area contributed by atoms with Crippen LogP contribution >= 0.6 is 0 Å². The molecule has 198 valence electrons. The van der Waals surface area contributed by atoms with Crippen LogP contribution in [0.3, 0.4) is 0 Å². The highest BCUT2D eigenvalue weighted by atomic mass is 19.4. The average molecular weight is 521 g/mol. The van der Waals surface area contributed by atoms with Crippen molar-refractivity contribution >= 4 is 17.8 Å². The molecule has 37 heavy (non-hydrogen) atoms. The van der Waals surface area contributed by atoms with Gasteiger partial charge in [0.1, 0.15) is 11.9 Å². The minimum atomic E-state index is -4.52. The van der Waals surface area contributed by atoms with Gasteiger partial charge in [-0.2, -0.15) is 18.3 Å². The van der Waals surface area contributed by atoms with Crippen molar-refractivity contribution in [2.45, 2.75) is 52.2 Å². The van der Waals surface area contributed by atoms with Crippen molar-refractivity contribution in [2.24, 2.45) is 0 Å². The van der Waals surface area contributed by atoms with Crippen LogP contribution < -0.4 is 11.2 Å². The maximum atomic E-state index is 13.3. The molecule has 13 heteroatoms. The summed E-state index contributed by atoms with van der Waals surface area (Å²) < 4.78 is 48.3. The van der Waals surface area contributed by atoms with E-state index < -0.39 is 39.8 Å². The maximum Gasteiger partial charge on any atom is 0.416 e. The maximum absolute atomic E-state index is 13.3. The smallest absolute Gasteiger partial charge is 0.361 e. The van der Waals surface area contributed by atoms with E-state index in [1.165, 1.54) is 61.5 Å². The molecule has 1 atom stereocenters. The van der Waals surface area contributed by atoms with Crippen LogP contribution in [0.25, 0.3) is 12.2 Å². The van der Waals surface area contributed by atoms with Crippen molar-refractivity contribution in [2.75, 3.05) is 7.11 Å². The van der Waals surface area contributed by atoms with E-state index in [9.17, 15) is 32.9 Å². The van der Waals surface area contributed by atoms with Crippen molar-refractivity contribution in [1.29, 1.82) is 0 Å². The summed E-state index contributed by atoms with van der Waals surface area (Å²) in [6.45, 7) is 3.21. The molecule has 2 heterocycles. The fourth-order valence-corrected chi connectivity index (χ4v) is 3.81. The standard InChI is InChI=1S/C24H26F3N5O5/c1-4-5-12-30-22(33)21(32(35)36)20(31(23(30)34)16(2)37-3)11-10-17-13-28-29(14-17)15-18-8-6-7-9-19(18)24(25,26)27/h6-11,13-14,16H,4-5,12,15H2,1-3H3. The Kier molecular flexibility index (Phi) is 8.48. The number of benzene rings is 1. The van der Waals surface area contributed by atoms with Gasteiger partial charge in [-0.1, -0.05) is 31.5 Å². The van der Waals surface area contributed by atoms with E-state index in [1.807, 2.05) is 6.92 Å². The number of nitrogens with zero attached hydrogens (tertiary/aromatic N) is 5. The number of ether oxygens (including phenoxy) is 1. The Hall–Kier alpha value is -4.00. The summed E-state index contributed by atoms with van der Waals surface area (Å²) in [5.74, 6) is 0. The molecule has 3 rings (SSSR count). The lowest BCUT2D eigenvalue weighted by Crippen LogP contribution is -2.43. The second-order valence-corrected chi connectivity index (χ2v) is 8.25. The van der Waals surface area contributed by atoms with Crippen molar-refractivity contribution < 1.29 is 22.8 Å². The normalized spacial score (nSPS) is 12.8. The van der Waals surface area contributed by atoms with Crippen molar-refractivity contribution in [3.05, 3.63) is 90.0 Å². The Labute approximate surface area is 209 Å².